The zero-order valence-electron chi connectivity index (χ0n) is 21.7. The summed E-state index contributed by atoms with van der Waals surface area (Å²) >= 11 is 7.28. The highest BCUT2D eigenvalue weighted by molar-refractivity contribution is 7.88. The molecule has 2 heterocycles. The van der Waals surface area contributed by atoms with Crippen LogP contribution in [0.25, 0.3) is 10.9 Å². The molecule has 0 radical (unpaired) electrons. The second-order valence-electron chi connectivity index (χ2n) is 9.01. The Labute approximate surface area is 239 Å². The molecule has 0 bridgehead atoms. The molecule has 2 N–H and O–H groups in total. The average Bonchev–Trinajstić information content (AvgIpc) is 3.53. The molecule has 0 saturated carbocycles. The number of nitrogens with zero attached hydrogens (tertiary/aromatic N) is 2. The number of aromatic nitrogens is 2. The van der Waals surface area contributed by atoms with Gasteiger partial charge in [-0.3, -0.25) is 14.2 Å². The molecule has 8 nitrogen and oxygen atoms in total. The molecule has 2 aromatic carbocycles. The fourth-order valence-corrected chi connectivity index (χ4v) is 6.48. The van der Waals surface area contributed by atoms with Gasteiger partial charge in [-0.1, -0.05) is 54.8 Å². The maximum atomic E-state index is 12.9. The summed E-state index contributed by atoms with van der Waals surface area (Å²) in [5.74, 6) is 1.11. The summed E-state index contributed by atoms with van der Waals surface area (Å²) in [7, 11) is 0.0641. The highest BCUT2D eigenvalue weighted by Gasteiger charge is 2.18. The second kappa shape index (κ2) is 14.3. The Morgan fingerprint density at radius 2 is 1.90 bits per heavy atom. The van der Waals surface area contributed by atoms with E-state index in [9.17, 15) is 13.8 Å². The largest absolute Gasteiger partial charge is 0.496 e. The molecular formula is C28H31ClN4O4S2. The smallest absolute Gasteiger partial charge is 0.220 e. The number of benzene rings is 2. The van der Waals surface area contributed by atoms with E-state index in [1.54, 1.807) is 19.2 Å². The Hall–Kier alpha value is -3.21. The van der Waals surface area contributed by atoms with Crippen LogP contribution in [0.4, 0.5) is 5.82 Å². The van der Waals surface area contributed by atoms with Crippen LogP contribution in [0.15, 0.2) is 58.8 Å². The summed E-state index contributed by atoms with van der Waals surface area (Å²) < 4.78 is 24.6. The number of aldehydes is 1. The Morgan fingerprint density at radius 3 is 2.67 bits per heavy atom. The quantitative estimate of drug-likeness (QED) is 0.129. The van der Waals surface area contributed by atoms with Gasteiger partial charge in [0.1, 0.15) is 16.2 Å². The monoisotopic (exact) mass is 586 g/mol. The summed E-state index contributed by atoms with van der Waals surface area (Å²) in [4.78, 5) is 22.6. The number of carbonyl (C=O) groups excluding carboxylic acids is 2. The van der Waals surface area contributed by atoms with Gasteiger partial charge in [-0.2, -0.15) is 5.10 Å². The van der Waals surface area contributed by atoms with Crippen molar-refractivity contribution in [1.29, 1.82) is 0 Å². The van der Waals surface area contributed by atoms with E-state index < -0.39 is 11.0 Å². The first-order valence-corrected chi connectivity index (χ1v) is 15.1. The van der Waals surface area contributed by atoms with E-state index in [0.717, 1.165) is 54.0 Å². The third-order valence-corrected chi connectivity index (χ3v) is 8.78. The van der Waals surface area contributed by atoms with Gasteiger partial charge in [0.2, 0.25) is 5.91 Å². The van der Waals surface area contributed by atoms with Crippen LogP contribution in [0.5, 0.6) is 5.75 Å². The molecular weight excluding hydrogens is 556 g/mol. The van der Waals surface area contributed by atoms with Gasteiger partial charge in [-0.15, -0.1) is 11.3 Å². The van der Waals surface area contributed by atoms with Gasteiger partial charge < -0.3 is 14.8 Å². The number of ether oxygens (including phenoxy) is 1. The van der Waals surface area contributed by atoms with Crippen LogP contribution >= 0.6 is 22.9 Å². The molecule has 2 aromatic heterocycles. The number of rotatable bonds is 15. The molecule has 0 aliphatic rings. The number of methoxy groups -OCH3 is 1. The van der Waals surface area contributed by atoms with Gasteiger partial charge in [0.25, 0.3) is 0 Å². The van der Waals surface area contributed by atoms with Crippen molar-refractivity contribution in [2.75, 3.05) is 11.8 Å². The number of carbonyl (C=O) groups is 2. The number of hydrogen-bond acceptors (Lipinski definition) is 6. The molecule has 1 amide bonds. The number of halogens is 1. The molecule has 0 aliphatic heterocycles. The van der Waals surface area contributed by atoms with E-state index in [4.69, 9.17) is 21.4 Å². The average molecular weight is 587 g/mol. The summed E-state index contributed by atoms with van der Waals surface area (Å²) in [6.45, 7) is 0.923. The fraction of sp³-hybridized carbons (Fsp3) is 0.321. The van der Waals surface area contributed by atoms with Crippen molar-refractivity contribution in [3.05, 3.63) is 70.1 Å². The van der Waals surface area contributed by atoms with Crippen LogP contribution in [0.1, 0.15) is 49.7 Å². The Kier molecular flexibility index (Phi) is 10.5. The van der Waals surface area contributed by atoms with Gasteiger partial charge in [0, 0.05) is 19.4 Å². The van der Waals surface area contributed by atoms with Crippen molar-refractivity contribution < 1.29 is 18.5 Å². The molecule has 39 heavy (non-hydrogen) atoms. The molecule has 1 atom stereocenters. The molecule has 4 aromatic rings. The lowest BCUT2D eigenvalue weighted by atomic mass is 10.1. The Morgan fingerprint density at radius 1 is 1.10 bits per heavy atom. The third kappa shape index (κ3) is 7.90. The van der Waals surface area contributed by atoms with Crippen LogP contribution in [0.2, 0.25) is 4.34 Å². The molecule has 206 valence electrons. The van der Waals surface area contributed by atoms with Crippen LogP contribution < -0.4 is 14.8 Å². The van der Waals surface area contributed by atoms with E-state index in [-0.39, 0.29) is 5.91 Å². The standard InChI is InChI=1S/C28H31ClN4O4S2/c1-37-23-12-8-11-22-27(23)28(32-39(36)26-15-14-24(29)38-26)31-33(22)19-21-10-7-9-20(17-21)18-30-25(35)13-5-3-2-4-6-16-34/h7-12,14-17H,2-6,13,18-19H2,1H3,(H,30,35)(H,31,32). The maximum absolute atomic E-state index is 12.9. The lowest BCUT2D eigenvalue weighted by Crippen LogP contribution is -2.22. The van der Waals surface area contributed by atoms with Gasteiger partial charge in [-0.05, 0) is 48.2 Å². The fourth-order valence-electron chi connectivity index (χ4n) is 4.26. The Balaban J connectivity index is 1.44. The van der Waals surface area contributed by atoms with Crippen LogP contribution in [-0.4, -0.2) is 33.3 Å². The first kappa shape index (κ1) is 28.8. The normalized spacial score (nSPS) is 11.8. The number of hydrogen-bond donors (Lipinski definition) is 2. The van der Waals surface area contributed by atoms with Gasteiger partial charge >= 0.3 is 0 Å². The number of fused-ring (bicyclic) bond motifs is 1. The molecule has 1 unspecified atom stereocenters. The molecule has 0 saturated heterocycles. The van der Waals surface area contributed by atoms with E-state index >= 15 is 0 Å². The summed E-state index contributed by atoms with van der Waals surface area (Å²) in [6.07, 6.45) is 5.63. The first-order chi connectivity index (χ1) is 19.0. The van der Waals surface area contributed by atoms with Crippen molar-refractivity contribution in [2.45, 2.75) is 55.8 Å². The predicted molar refractivity (Wildman–Crippen MR) is 157 cm³/mol. The lowest BCUT2D eigenvalue weighted by Gasteiger charge is -2.09. The zero-order chi connectivity index (χ0) is 27.6. The summed E-state index contributed by atoms with van der Waals surface area (Å²) in [5, 5.41) is 8.48. The zero-order valence-corrected chi connectivity index (χ0v) is 24.0. The van der Waals surface area contributed by atoms with E-state index in [1.165, 1.54) is 11.3 Å². The SMILES string of the molecule is COc1cccc2c1c(NS(=O)c1ccc(Cl)s1)nn2Cc1cccc(CNC(=O)CCCCCCC=O)c1. The highest BCUT2D eigenvalue weighted by atomic mass is 35.5. The molecule has 11 heteroatoms. The molecule has 0 spiro atoms. The minimum atomic E-state index is -1.53. The maximum Gasteiger partial charge on any atom is 0.220 e. The van der Waals surface area contributed by atoms with Crippen molar-refractivity contribution in [3.8, 4) is 5.75 Å². The highest BCUT2D eigenvalue weighted by Crippen LogP contribution is 2.34. The topological polar surface area (TPSA) is 102 Å². The number of thiophene rings is 1. The van der Waals surface area contributed by atoms with Crippen LogP contribution in [0.3, 0.4) is 0 Å². The van der Waals surface area contributed by atoms with Crippen molar-refractivity contribution in [1.82, 2.24) is 15.1 Å². The van der Waals surface area contributed by atoms with Gasteiger partial charge in [0.05, 0.1) is 28.9 Å². The number of nitrogens with one attached hydrogen (secondary N) is 2. The number of unbranched alkanes of at least 4 members (excludes halogenated alkanes) is 4. The van der Waals surface area contributed by atoms with Crippen molar-refractivity contribution >= 4 is 62.8 Å². The first-order valence-electron chi connectivity index (χ1n) is 12.7. The van der Waals surface area contributed by atoms with E-state index in [2.05, 4.69) is 10.0 Å². The number of amides is 1. The van der Waals surface area contributed by atoms with Crippen LogP contribution in [-0.2, 0) is 33.7 Å². The van der Waals surface area contributed by atoms with Crippen LogP contribution in [0, 0.1) is 0 Å². The van der Waals surface area contributed by atoms with Gasteiger partial charge in [-0.25, -0.2) is 4.21 Å². The third-order valence-electron chi connectivity index (χ3n) is 6.17. The Bertz CT molecular complexity index is 1450. The predicted octanol–water partition coefficient (Wildman–Crippen LogP) is 6.10. The summed E-state index contributed by atoms with van der Waals surface area (Å²) in [5.41, 5.74) is 2.85. The minimum Gasteiger partial charge on any atom is -0.496 e. The van der Waals surface area contributed by atoms with E-state index in [0.29, 0.717) is 46.0 Å². The molecule has 4 rings (SSSR count). The minimum absolute atomic E-state index is 0.0247. The van der Waals surface area contributed by atoms with Crippen molar-refractivity contribution in [2.24, 2.45) is 0 Å². The number of anilines is 1. The molecule has 0 aliphatic carbocycles. The second-order valence-corrected chi connectivity index (χ2v) is 12.2. The van der Waals surface area contributed by atoms with E-state index in [1.807, 2.05) is 47.1 Å². The van der Waals surface area contributed by atoms with Gasteiger partial charge in [0.15, 0.2) is 16.8 Å². The lowest BCUT2D eigenvalue weighted by molar-refractivity contribution is -0.121. The summed E-state index contributed by atoms with van der Waals surface area (Å²) in [6, 6.07) is 17.1. The van der Waals surface area contributed by atoms with Crippen molar-refractivity contribution in [3.63, 3.8) is 0 Å². The molecule has 0 fully saturated rings.